The molecule has 0 aromatic heterocycles. The van der Waals surface area contributed by atoms with E-state index in [4.69, 9.17) is 10.8 Å². The Morgan fingerprint density at radius 1 is 1.38 bits per heavy atom. The standard InChI is InChI=1S/C11H15F2NO2/c1-16-11-6-8(12)7(5-9(11)13)10(14)3-2-4-15/h5-6,10,15H,2-4,14H2,1H3. The number of aliphatic hydroxyl groups is 1. The summed E-state index contributed by atoms with van der Waals surface area (Å²) in [6.45, 7) is -0.0199. The number of nitrogens with two attached hydrogens (primary N) is 1. The van der Waals surface area contributed by atoms with Gasteiger partial charge in [0.25, 0.3) is 0 Å². The monoisotopic (exact) mass is 231 g/mol. The maximum absolute atomic E-state index is 13.5. The van der Waals surface area contributed by atoms with Crippen molar-refractivity contribution >= 4 is 0 Å². The Kier molecular flexibility index (Phi) is 4.64. The first kappa shape index (κ1) is 12.9. The molecule has 1 unspecified atom stereocenters. The summed E-state index contributed by atoms with van der Waals surface area (Å²) in [6, 6.07) is 1.40. The van der Waals surface area contributed by atoms with E-state index in [9.17, 15) is 8.78 Å². The number of ether oxygens (including phenoxy) is 1. The van der Waals surface area contributed by atoms with Crippen LogP contribution in [0.3, 0.4) is 0 Å². The summed E-state index contributed by atoms with van der Waals surface area (Å²) in [5.74, 6) is -1.38. The molecule has 0 aliphatic carbocycles. The maximum atomic E-state index is 13.5. The minimum absolute atomic E-state index is 0.0199. The molecule has 0 aliphatic rings. The van der Waals surface area contributed by atoms with Crippen LogP contribution in [0.4, 0.5) is 8.78 Å². The summed E-state index contributed by atoms with van der Waals surface area (Å²) in [4.78, 5) is 0. The molecular weight excluding hydrogens is 216 g/mol. The zero-order valence-corrected chi connectivity index (χ0v) is 9.04. The van der Waals surface area contributed by atoms with Crippen LogP contribution in [0, 0.1) is 11.6 Å². The van der Waals surface area contributed by atoms with Crippen LogP contribution in [0.25, 0.3) is 0 Å². The van der Waals surface area contributed by atoms with Crippen molar-refractivity contribution < 1.29 is 18.6 Å². The minimum Gasteiger partial charge on any atom is -0.494 e. The van der Waals surface area contributed by atoms with E-state index < -0.39 is 17.7 Å². The molecule has 0 heterocycles. The summed E-state index contributed by atoms with van der Waals surface area (Å²) in [5.41, 5.74) is 5.79. The molecule has 0 amide bonds. The molecule has 0 bridgehead atoms. The molecule has 0 spiro atoms. The number of methoxy groups -OCH3 is 1. The second-order valence-electron chi connectivity index (χ2n) is 3.48. The fourth-order valence-electron chi connectivity index (χ4n) is 1.45. The van der Waals surface area contributed by atoms with E-state index in [2.05, 4.69) is 4.74 Å². The smallest absolute Gasteiger partial charge is 0.165 e. The van der Waals surface area contributed by atoms with Gasteiger partial charge in [0.1, 0.15) is 5.82 Å². The Morgan fingerprint density at radius 2 is 2.06 bits per heavy atom. The van der Waals surface area contributed by atoms with Crippen LogP contribution >= 0.6 is 0 Å². The van der Waals surface area contributed by atoms with Crippen molar-refractivity contribution in [3.8, 4) is 5.75 Å². The quantitative estimate of drug-likeness (QED) is 0.811. The average molecular weight is 231 g/mol. The molecule has 1 aromatic carbocycles. The van der Waals surface area contributed by atoms with Crippen LogP contribution < -0.4 is 10.5 Å². The predicted molar refractivity (Wildman–Crippen MR) is 56.2 cm³/mol. The predicted octanol–water partition coefficient (Wildman–Crippen LogP) is 1.75. The van der Waals surface area contributed by atoms with E-state index in [1.54, 1.807) is 0 Å². The van der Waals surface area contributed by atoms with Gasteiger partial charge in [-0.1, -0.05) is 0 Å². The Hall–Kier alpha value is -1.20. The fraction of sp³-hybridized carbons (Fsp3) is 0.455. The molecule has 3 nitrogen and oxygen atoms in total. The van der Waals surface area contributed by atoms with Gasteiger partial charge in [-0.2, -0.15) is 0 Å². The van der Waals surface area contributed by atoms with Crippen molar-refractivity contribution in [2.24, 2.45) is 5.73 Å². The molecule has 1 rings (SSSR count). The van der Waals surface area contributed by atoms with Crippen LogP contribution in [0.2, 0.25) is 0 Å². The van der Waals surface area contributed by atoms with Crippen molar-refractivity contribution in [2.45, 2.75) is 18.9 Å². The molecule has 0 aliphatic heterocycles. The summed E-state index contributed by atoms with van der Waals surface area (Å²) < 4.78 is 31.5. The van der Waals surface area contributed by atoms with Gasteiger partial charge in [0.2, 0.25) is 0 Å². The fourth-order valence-corrected chi connectivity index (χ4v) is 1.45. The molecule has 0 saturated heterocycles. The lowest BCUT2D eigenvalue weighted by Gasteiger charge is -2.13. The van der Waals surface area contributed by atoms with Gasteiger partial charge >= 0.3 is 0 Å². The van der Waals surface area contributed by atoms with Crippen LogP contribution in [0.1, 0.15) is 24.4 Å². The van der Waals surface area contributed by atoms with Crippen LogP contribution in [-0.2, 0) is 0 Å². The molecule has 1 aromatic rings. The molecular formula is C11H15F2NO2. The first-order valence-corrected chi connectivity index (χ1v) is 4.99. The summed E-state index contributed by atoms with van der Waals surface area (Å²) in [7, 11) is 1.27. The van der Waals surface area contributed by atoms with E-state index in [0.29, 0.717) is 12.8 Å². The first-order chi connectivity index (χ1) is 7.60. The molecule has 0 fully saturated rings. The van der Waals surface area contributed by atoms with Crippen molar-refractivity contribution in [2.75, 3.05) is 13.7 Å². The Balaban J connectivity index is 2.92. The topological polar surface area (TPSA) is 55.5 Å². The molecule has 16 heavy (non-hydrogen) atoms. The van der Waals surface area contributed by atoms with Gasteiger partial charge in [-0.05, 0) is 18.9 Å². The number of rotatable bonds is 5. The van der Waals surface area contributed by atoms with Crippen molar-refractivity contribution in [1.29, 1.82) is 0 Å². The van der Waals surface area contributed by atoms with E-state index in [0.717, 1.165) is 12.1 Å². The third kappa shape index (κ3) is 2.90. The average Bonchev–Trinajstić information content (AvgIpc) is 2.28. The van der Waals surface area contributed by atoms with Crippen LogP contribution in [0.15, 0.2) is 12.1 Å². The summed E-state index contributed by atoms with van der Waals surface area (Å²) in [5, 5.41) is 8.62. The lowest BCUT2D eigenvalue weighted by atomic mass is 10.0. The lowest BCUT2D eigenvalue weighted by Crippen LogP contribution is -2.13. The number of hydrogen-bond donors (Lipinski definition) is 2. The minimum atomic E-state index is -0.640. The first-order valence-electron chi connectivity index (χ1n) is 4.99. The molecule has 1 atom stereocenters. The maximum Gasteiger partial charge on any atom is 0.165 e. The molecule has 0 saturated carbocycles. The van der Waals surface area contributed by atoms with Gasteiger partial charge in [0, 0.05) is 24.3 Å². The number of halogens is 2. The third-order valence-electron chi connectivity index (χ3n) is 2.34. The molecule has 90 valence electrons. The molecule has 3 N–H and O–H groups in total. The van der Waals surface area contributed by atoms with E-state index in [-0.39, 0.29) is 17.9 Å². The van der Waals surface area contributed by atoms with Gasteiger partial charge in [-0.25, -0.2) is 8.78 Å². The summed E-state index contributed by atoms with van der Waals surface area (Å²) in [6.07, 6.45) is 0.855. The number of aliphatic hydroxyl groups excluding tert-OH is 1. The summed E-state index contributed by atoms with van der Waals surface area (Å²) >= 11 is 0. The van der Waals surface area contributed by atoms with Gasteiger partial charge in [0.15, 0.2) is 11.6 Å². The Morgan fingerprint density at radius 3 is 2.62 bits per heavy atom. The second kappa shape index (κ2) is 5.77. The SMILES string of the molecule is COc1cc(F)c(C(N)CCCO)cc1F. The normalized spacial score (nSPS) is 12.6. The lowest BCUT2D eigenvalue weighted by molar-refractivity contribution is 0.279. The molecule has 5 heteroatoms. The van der Waals surface area contributed by atoms with Crippen molar-refractivity contribution in [3.63, 3.8) is 0 Å². The van der Waals surface area contributed by atoms with Gasteiger partial charge < -0.3 is 15.6 Å². The Bertz CT molecular complexity index is 358. The highest BCUT2D eigenvalue weighted by Crippen LogP contribution is 2.26. The van der Waals surface area contributed by atoms with Crippen molar-refractivity contribution in [3.05, 3.63) is 29.3 Å². The second-order valence-corrected chi connectivity index (χ2v) is 3.48. The van der Waals surface area contributed by atoms with Crippen LogP contribution in [0.5, 0.6) is 5.75 Å². The highest BCUT2D eigenvalue weighted by molar-refractivity contribution is 5.32. The van der Waals surface area contributed by atoms with E-state index in [1.807, 2.05) is 0 Å². The number of hydrogen-bond acceptors (Lipinski definition) is 3. The molecule has 0 radical (unpaired) electrons. The largest absolute Gasteiger partial charge is 0.494 e. The highest BCUT2D eigenvalue weighted by Gasteiger charge is 2.15. The van der Waals surface area contributed by atoms with Gasteiger partial charge in [0.05, 0.1) is 7.11 Å². The number of benzene rings is 1. The van der Waals surface area contributed by atoms with Crippen LogP contribution in [-0.4, -0.2) is 18.8 Å². The van der Waals surface area contributed by atoms with E-state index in [1.165, 1.54) is 7.11 Å². The third-order valence-corrected chi connectivity index (χ3v) is 2.34. The van der Waals surface area contributed by atoms with Gasteiger partial charge in [-0.3, -0.25) is 0 Å². The zero-order valence-electron chi connectivity index (χ0n) is 9.04. The van der Waals surface area contributed by atoms with Crippen molar-refractivity contribution in [1.82, 2.24) is 0 Å². The highest BCUT2D eigenvalue weighted by atomic mass is 19.1. The van der Waals surface area contributed by atoms with Gasteiger partial charge in [-0.15, -0.1) is 0 Å². The van der Waals surface area contributed by atoms with E-state index >= 15 is 0 Å². The Labute approximate surface area is 92.8 Å². The zero-order chi connectivity index (χ0) is 12.1.